The molecule has 0 unspecified atom stereocenters. The zero-order valence-electron chi connectivity index (χ0n) is 8.70. The van der Waals surface area contributed by atoms with E-state index in [1.165, 1.54) is 18.1 Å². The first kappa shape index (κ1) is 11.9. The van der Waals surface area contributed by atoms with E-state index in [2.05, 4.69) is 50.0 Å². The van der Waals surface area contributed by atoms with Crippen LogP contribution < -0.4 is 0 Å². The Balaban J connectivity index is 4.57. The van der Waals surface area contributed by atoms with Gasteiger partial charge in [-0.25, -0.2) is 0 Å². The van der Waals surface area contributed by atoms with Gasteiger partial charge in [-0.3, -0.25) is 0 Å². The Labute approximate surface area is 83.1 Å². The highest BCUT2D eigenvalue weighted by molar-refractivity contribution is 6.87. The van der Waals surface area contributed by atoms with Crippen LogP contribution in [0.4, 0.5) is 0 Å². The molecule has 0 atom stereocenters. The third-order valence-electron chi connectivity index (χ3n) is 2.56. The van der Waals surface area contributed by atoms with Crippen LogP contribution in [0.2, 0.25) is 18.1 Å². The van der Waals surface area contributed by atoms with Gasteiger partial charge >= 0.3 is 0 Å². The number of hydrogen-bond donors (Lipinski definition) is 0. The fourth-order valence-corrected chi connectivity index (χ4v) is 3.60. The van der Waals surface area contributed by atoms with E-state index in [1.807, 2.05) is 0 Å². The first-order chi connectivity index (χ1) is 6.24. The van der Waals surface area contributed by atoms with Crippen LogP contribution in [0.25, 0.3) is 0 Å². The number of rotatable bonds is 3. The van der Waals surface area contributed by atoms with Crippen molar-refractivity contribution in [2.75, 3.05) is 0 Å². The van der Waals surface area contributed by atoms with Crippen LogP contribution in [0.15, 0.2) is 0 Å². The van der Waals surface area contributed by atoms with Crippen LogP contribution in [0.3, 0.4) is 0 Å². The van der Waals surface area contributed by atoms with Crippen LogP contribution in [0.1, 0.15) is 20.8 Å². The Morgan fingerprint density at radius 3 is 1.85 bits per heavy atom. The van der Waals surface area contributed by atoms with Gasteiger partial charge in [0.1, 0.15) is 8.07 Å². The molecule has 0 saturated carbocycles. The Bertz CT molecular complexity index is 286. The first-order valence-corrected chi connectivity index (χ1v) is 7.34. The van der Waals surface area contributed by atoms with Crippen molar-refractivity contribution in [3.8, 4) is 35.6 Å². The fraction of sp³-hybridized carbons (Fsp3) is 0.500. The lowest BCUT2D eigenvalue weighted by molar-refractivity contribution is 1.20. The molecule has 0 rings (SSSR count). The van der Waals surface area contributed by atoms with E-state index >= 15 is 0 Å². The van der Waals surface area contributed by atoms with E-state index in [4.69, 9.17) is 6.42 Å². The zero-order chi connectivity index (χ0) is 10.2. The molecule has 0 spiro atoms. The average molecular weight is 188 g/mol. The normalized spacial score (nSPS) is 8.77. The summed E-state index contributed by atoms with van der Waals surface area (Å²) in [4.78, 5) is 0. The summed E-state index contributed by atoms with van der Waals surface area (Å²) in [6.45, 7) is 6.67. The summed E-state index contributed by atoms with van der Waals surface area (Å²) in [6.07, 6.45) is 5.00. The summed E-state index contributed by atoms with van der Waals surface area (Å²) in [5, 5.41) is 0. The van der Waals surface area contributed by atoms with Crippen LogP contribution >= 0.6 is 0 Å². The van der Waals surface area contributed by atoms with E-state index in [1.54, 1.807) is 0 Å². The molecule has 1 heteroatoms. The quantitative estimate of drug-likeness (QED) is 0.472. The van der Waals surface area contributed by atoms with Gasteiger partial charge in [0.2, 0.25) is 0 Å². The summed E-state index contributed by atoms with van der Waals surface area (Å²) in [5.74, 6) is 10.3. The van der Waals surface area contributed by atoms with Crippen molar-refractivity contribution < 1.29 is 0 Å². The maximum absolute atomic E-state index is 5.00. The third kappa shape index (κ3) is 3.89. The van der Waals surface area contributed by atoms with Crippen molar-refractivity contribution >= 4 is 8.07 Å². The molecule has 0 amide bonds. The summed E-state index contributed by atoms with van der Waals surface area (Å²) in [5.41, 5.74) is 3.34. The molecule has 0 saturated heterocycles. The molecule has 0 fully saturated rings. The van der Waals surface area contributed by atoms with Gasteiger partial charge in [-0.05, 0) is 41.8 Å². The Morgan fingerprint density at radius 2 is 1.46 bits per heavy atom. The smallest absolute Gasteiger partial charge is 0.117 e. The maximum Gasteiger partial charge on any atom is 0.139 e. The highest BCUT2D eigenvalue weighted by atomic mass is 28.3. The Hall–Kier alpha value is -1.10. The topological polar surface area (TPSA) is 0 Å². The van der Waals surface area contributed by atoms with E-state index in [-0.39, 0.29) is 0 Å². The van der Waals surface area contributed by atoms with Gasteiger partial charge in [0.15, 0.2) is 0 Å². The fourth-order valence-electron chi connectivity index (χ4n) is 1.25. The van der Waals surface area contributed by atoms with Crippen molar-refractivity contribution in [1.82, 2.24) is 0 Å². The first-order valence-electron chi connectivity index (χ1n) is 4.72. The second-order valence-corrected chi connectivity index (χ2v) is 7.92. The standard InChI is InChI=1S/C12H16Si/c1-5-9-10-11-12-13(6-2,7-3)8-4/h1H,6-8H2,2-4H3. The highest BCUT2D eigenvalue weighted by Crippen LogP contribution is 2.18. The molecular formula is C12H16Si. The minimum absolute atomic E-state index is 1.21. The van der Waals surface area contributed by atoms with Crippen molar-refractivity contribution in [2.45, 2.75) is 38.9 Å². The monoisotopic (exact) mass is 188 g/mol. The number of terminal acetylenes is 1. The molecule has 0 heterocycles. The van der Waals surface area contributed by atoms with Gasteiger partial charge < -0.3 is 0 Å². The predicted octanol–water partition coefficient (Wildman–Crippen LogP) is 2.67. The summed E-state index contributed by atoms with van der Waals surface area (Å²) in [7, 11) is -1.30. The van der Waals surface area contributed by atoms with Crippen molar-refractivity contribution in [1.29, 1.82) is 0 Å². The molecule has 0 bridgehead atoms. The van der Waals surface area contributed by atoms with Crippen LogP contribution in [0, 0.1) is 35.6 Å². The minimum atomic E-state index is -1.30. The van der Waals surface area contributed by atoms with Crippen LogP contribution in [-0.2, 0) is 0 Å². The minimum Gasteiger partial charge on any atom is -0.117 e. The summed E-state index contributed by atoms with van der Waals surface area (Å²) >= 11 is 0. The number of hydrogen-bond acceptors (Lipinski definition) is 0. The second kappa shape index (κ2) is 6.42. The molecule has 0 radical (unpaired) electrons. The summed E-state index contributed by atoms with van der Waals surface area (Å²) in [6, 6.07) is 3.64. The van der Waals surface area contributed by atoms with Crippen molar-refractivity contribution in [2.24, 2.45) is 0 Å². The maximum atomic E-state index is 5.00. The summed E-state index contributed by atoms with van der Waals surface area (Å²) < 4.78 is 0. The van der Waals surface area contributed by atoms with Gasteiger partial charge in [-0.15, -0.1) is 12.0 Å². The largest absolute Gasteiger partial charge is 0.139 e. The van der Waals surface area contributed by atoms with E-state index in [9.17, 15) is 0 Å². The lowest BCUT2D eigenvalue weighted by Gasteiger charge is -2.19. The molecule has 0 aliphatic rings. The Morgan fingerprint density at radius 1 is 0.923 bits per heavy atom. The van der Waals surface area contributed by atoms with Crippen molar-refractivity contribution in [3.63, 3.8) is 0 Å². The third-order valence-corrected chi connectivity index (χ3v) is 7.27. The molecule has 0 nitrogen and oxygen atoms in total. The molecule has 0 aromatic carbocycles. The molecule has 0 aromatic rings. The Kier molecular flexibility index (Phi) is 5.87. The molecule has 0 N–H and O–H groups in total. The van der Waals surface area contributed by atoms with Gasteiger partial charge in [0, 0.05) is 0 Å². The highest BCUT2D eigenvalue weighted by Gasteiger charge is 2.23. The van der Waals surface area contributed by atoms with Gasteiger partial charge in [0.05, 0.1) is 0 Å². The van der Waals surface area contributed by atoms with Gasteiger partial charge in [0.25, 0.3) is 0 Å². The molecular weight excluding hydrogens is 172 g/mol. The average Bonchev–Trinajstić information content (AvgIpc) is 2.20. The molecule has 0 aromatic heterocycles. The predicted molar refractivity (Wildman–Crippen MR) is 61.6 cm³/mol. The lowest BCUT2D eigenvalue weighted by atomic mass is 10.6. The van der Waals surface area contributed by atoms with E-state index in [0.717, 1.165) is 0 Å². The van der Waals surface area contributed by atoms with E-state index in [0.29, 0.717) is 0 Å². The van der Waals surface area contributed by atoms with Gasteiger partial charge in [-0.2, -0.15) is 0 Å². The van der Waals surface area contributed by atoms with Crippen LogP contribution in [0.5, 0.6) is 0 Å². The second-order valence-electron chi connectivity index (χ2n) is 2.99. The SMILES string of the molecule is C#CC#CC#C[Si](CC)(CC)CC. The van der Waals surface area contributed by atoms with Gasteiger partial charge in [-0.1, -0.05) is 20.8 Å². The zero-order valence-corrected chi connectivity index (χ0v) is 9.70. The van der Waals surface area contributed by atoms with Crippen LogP contribution in [-0.4, -0.2) is 8.07 Å². The molecule has 68 valence electrons. The molecule has 0 aliphatic carbocycles. The molecule has 13 heavy (non-hydrogen) atoms. The lowest BCUT2D eigenvalue weighted by Crippen LogP contribution is -2.29. The van der Waals surface area contributed by atoms with Crippen molar-refractivity contribution in [3.05, 3.63) is 0 Å². The van der Waals surface area contributed by atoms with E-state index < -0.39 is 8.07 Å². The molecule has 0 aliphatic heterocycles.